The molecule has 0 fully saturated rings. The maximum absolute atomic E-state index is 5.59. The van der Waals surface area contributed by atoms with Gasteiger partial charge in [0.2, 0.25) is 0 Å². The number of hydrogen-bond donors (Lipinski definition) is 2. The average Bonchev–Trinajstić information content (AvgIpc) is 2.16. The second-order valence-electron chi connectivity index (χ2n) is 2.30. The maximum atomic E-state index is 5.59. The van der Waals surface area contributed by atoms with Gasteiger partial charge in [-0.05, 0) is 12.1 Å². The van der Waals surface area contributed by atoms with Crippen molar-refractivity contribution in [2.24, 2.45) is 5.73 Å². The first-order chi connectivity index (χ1) is 6.27. The zero-order valence-corrected chi connectivity index (χ0v) is 7.92. The van der Waals surface area contributed by atoms with Crippen LogP contribution in [0.5, 0.6) is 0 Å². The van der Waals surface area contributed by atoms with Crippen LogP contribution in [0.1, 0.15) is 5.69 Å². The molecule has 0 saturated heterocycles. The zero-order valence-electron chi connectivity index (χ0n) is 7.16. The van der Waals surface area contributed by atoms with Gasteiger partial charge in [-0.1, -0.05) is 11.6 Å². The Labute approximate surface area is 81.1 Å². The van der Waals surface area contributed by atoms with Gasteiger partial charge in [-0.25, -0.2) is 0 Å². The summed E-state index contributed by atoms with van der Waals surface area (Å²) in [6, 6.07) is 3.42. The predicted molar refractivity (Wildman–Crippen MR) is 52.2 cm³/mol. The molecule has 5 heteroatoms. The van der Waals surface area contributed by atoms with Gasteiger partial charge in [0, 0.05) is 6.20 Å². The number of nitrogens with one attached hydrogen (secondary N) is 1. The lowest BCUT2D eigenvalue weighted by Gasteiger charge is -1.95. The molecule has 4 nitrogen and oxygen atoms in total. The molecule has 0 saturated carbocycles. The van der Waals surface area contributed by atoms with Crippen molar-refractivity contribution in [2.45, 2.75) is 0 Å². The van der Waals surface area contributed by atoms with Crippen LogP contribution in [0.15, 0.2) is 18.3 Å². The minimum atomic E-state index is 0.365. The molecule has 0 aliphatic rings. The molecule has 1 heterocycles. The monoisotopic (exact) mass is 197 g/mol. The van der Waals surface area contributed by atoms with Crippen molar-refractivity contribution < 1.29 is 4.99 Å². The lowest BCUT2D eigenvalue weighted by Crippen LogP contribution is -2.63. The molecule has 0 bridgehead atoms. The van der Waals surface area contributed by atoms with Crippen molar-refractivity contribution in [3.63, 3.8) is 0 Å². The summed E-state index contributed by atoms with van der Waals surface area (Å²) in [7, 11) is 1.78. The van der Waals surface area contributed by atoms with Crippen LogP contribution in [0.4, 0.5) is 0 Å². The van der Waals surface area contributed by atoms with Crippen molar-refractivity contribution in [1.82, 2.24) is 10.2 Å². The first-order valence-corrected chi connectivity index (χ1v) is 4.07. The van der Waals surface area contributed by atoms with Crippen LogP contribution in [-0.4, -0.2) is 23.5 Å². The number of rotatable bonds is 2. The van der Waals surface area contributed by atoms with Gasteiger partial charge in [-0.2, -0.15) is 0 Å². The Morgan fingerprint density at radius 2 is 2.31 bits per heavy atom. The summed E-state index contributed by atoms with van der Waals surface area (Å²) in [4.78, 5) is 2.86. The molecule has 3 N–H and O–H groups in total. The fourth-order valence-corrected chi connectivity index (χ4v) is 0.934. The lowest BCUT2D eigenvalue weighted by molar-refractivity contribution is -0.412. The minimum absolute atomic E-state index is 0.365. The molecule has 0 spiro atoms. The first kappa shape index (κ1) is 9.67. The normalized spacial score (nSPS) is 12.3. The summed E-state index contributed by atoms with van der Waals surface area (Å²) in [5, 5.41) is 7.93. The molecule has 0 atom stereocenters. The Morgan fingerprint density at radius 1 is 1.54 bits per heavy atom. The summed E-state index contributed by atoms with van der Waals surface area (Å²) in [5.74, 6) is 0. The molecule has 68 valence electrons. The highest BCUT2D eigenvalue weighted by molar-refractivity contribution is 6.29. The third kappa shape index (κ3) is 2.52. The van der Waals surface area contributed by atoms with Crippen molar-refractivity contribution in [2.75, 3.05) is 7.05 Å². The Kier molecular flexibility index (Phi) is 3.40. The third-order valence-electron chi connectivity index (χ3n) is 1.41. The summed E-state index contributed by atoms with van der Waals surface area (Å²) in [5.41, 5.74) is 6.85. The third-order valence-corrected chi connectivity index (χ3v) is 1.61. The number of hydrogen-bond acceptors (Lipinski definition) is 3. The summed E-state index contributed by atoms with van der Waals surface area (Å²) in [6.45, 7) is 0. The van der Waals surface area contributed by atoms with E-state index in [1.54, 1.807) is 25.4 Å². The van der Waals surface area contributed by atoms with Gasteiger partial charge in [0.25, 0.3) is 0 Å². The number of nitrogens with zero attached hydrogens (tertiary/aromatic N) is 2. The molecule has 0 radical (unpaired) electrons. The van der Waals surface area contributed by atoms with Gasteiger partial charge in [0.1, 0.15) is 12.7 Å². The van der Waals surface area contributed by atoms with E-state index in [0.717, 1.165) is 5.57 Å². The van der Waals surface area contributed by atoms with E-state index in [-0.39, 0.29) is 0 Å². The fourth-order valence-electron chi connectivity index (χ4n) is 0.833. The largest absolute Gasteiger partial charge is 0.404 e. The van der Waals surface area contributed by atoms with Crippen LogP contribution in [0, 0.1) is 0 Å². The first-order valence-electron chi connectivity index (χ1n) is 3.70. The van der Waals surface area contributed by atoms with Gasteiger partial charge in [-0.15, -0.1) is 10.2 Å². The molecular formula is C8H10ClN4+. The van der Waals surface area contributed by atoms with E-state index in [2.05, 4.69) is 15.2 Å². The molecule has 0 aromatic carbocycles. The van der Waals surface area contributed by atoms with Crippen LogP contribution in [0.2, 0.25) is 5.15 Å². The number of allylic oxidation sites excluding steroid dienone is 1. The summed E-state index contributed by atoms with van der Waals surface area (Å²) < 4.78 is 0. The van der Waals surface area contributed by atoms with Gasteiger partial charge >= 0.3 is 0 Å². The summed E-state index contributed by atoms with van der Waals surface area (Å²) in [6.07, 6.45) is 3.19. The average molecular weight is 198 g/mol. The molecule has 1 rings (SSSR count). The van der Waals surface area contributed by atoms with Gasteiger partial charge in [-0.3, -0.25) is 4.99 Å². The second kappa shape index (κ2) is 4.57. The van der Waals surface area contributed by atoms with E-state index in [1.807, 2.05) is 0 Å². The van der Waals surface area contributed by atoms with Crippen molar-refractivity contribution in [3.05, 3.63) is 29.2 Å². The number of aromatic nitrogens is 2. The van der Waals surface area contributed by atoms with Crippen LogP contribution in [0.3, 0.4) is 0 Å². The number of nitrogens with two attached hydrogens (primary N) is 1. The standard InChI is InChI=1S/C8H9ClN4/c1-11-5-6(4-10)7-2-3-8(9)13-12-7/h2-5H,10H2,1H3/p+1. The van der Waals surface area contributed by atoms with Crippen LogP contribution < -0.4 is 10.7 Å². The van der Waals surface area contributed by atoms with E-state index in [1.165, 1.54) is 6.20 Å². The Morgan fingerprint density at radius 3 is 2.77 bits per heavy atom. The van der Waals surface area contributed by atoms with Crippen LogP contribution in [0.25, 0.3) is 5.57 Å². The molecule has 0 aliphatic carbocycles. The zero-order chi connectivity index (χ0) is 9.68. The van der Waals surface area contributed by atoms with Gasteiger partial charge in [0.05, 0.1) is 5.57 Å². The highest BCUT2D eigenvalue weighted by Crippen LogP contribution is 2.08. The van der Waals surface area contributed by atoms with E-state index < -0.39 is 0 Å². The molecule has 0 aliphatic heterocycles. The van der Waals surface area contributed by atoms with Crippen molar-refractivity contribution >= 4 is 23.4 Å². The molecule has 13 heavy (non-hydrogen) atoms. The Bertz CT molecular complexity index is 329. The lowest BCUT2D eigenvalue weighted by atomic mass is 10.2. The molecule has 1 aromatic rings. The Hall–Kier alpha value is -1.42. The quantitative estimate of drug-likeness (QED) is 0.611. The summed E-state index contributed by atoms with van der Waals surface area (Å²) >= 11 is 5.59. The predicted octanol–water partition coefficient (Wildman–Crippen LogP) is -0.789. The second-order valence-corrected chi connectivity index (χ2v) is 2.68. The van der Waals surface area contributed by atoms with Crippen LogP contribution >= 0.6 is 11.6 Å². The van der Waals surface area contributed by atoms with Crippen molar-refractivity contribution in [3.8, 4) is 0 Å². The minimum Gasteiger partial charge on any atom is -0.404 e. The molecule has 0 unspecified atom stereocenters. The highest BCUT2D eigenvalue weighted by Gasteiger charge is 2.02. The van der Waals surface area contributed by atoms with Crippen LogP contribution in [-0.2, 0) is 0 Å². The fraction of sp³-hybridized carbons (Fsp3) is 0.125. The van der Waals surface area contributed by atoms with E-state index in [4.69, 9.17) is 17.3 Å². The topological polar surface area (TPSA) is 65.8 Å². The van der Waals surface area contributed by atoms with Gasteiger partial charge in [0.15, 0.2) is 11.4 Å². The van der Waals surface area contributed by atoms with E-state index >= 15 is 0 Å². The van der Waals surface area contributed by atoms with Crippen molar-refractivity contribution in [1.29, 1.82) is 0 Å². The van der Waals surface area contributed by atoms with E-state index in [0.29, 0.717) is 10.8 Å². The van der Waals surface area contributed by atoms with Gasteiger partial charge < -0.3 is 5.73 Å². The molecular weight excluding hydrogens is 188 g/mol. The Balaban J connectivity index is 3.00. The van der Waals surface area contributed by atoms with E-state index in [9.17, 15) is 0 Å². The molecule has 0 amide bonds. The SMILES string of the molecule is C[NH+]=CC(=CN)c1ccc(Cl)nn1. The number of halogens is 1. The smallest absolute Gasteiger partial charge is 0.172 e. The highest BCUT2D eigenvalue weighted by atomic mass is 35.5. The maximum Gasteiger partial charge on any atom is 0.172 e. The molecule has 1 aromatic heterocycles.